The van der Waals surface area contributed by atoms with Gasteiger partial charge >= 0.3 is 0 Å². The monoisotopic (exact) mass is 412 g/mol. The Kier molecular flexibility index (Phi) is 5.02. The first-order valence-corrected chi connectivity index (χ1v) is 9.82. The van der Waals surface area contributed by atoms with Gasteiger partial charge in [-0.05, 0) is 25.1 Å². The highest BCUT2D eigenvalue weighted by Crippen LogP contribution is 2.39. The summed E-state index contributed by atoms with van der Waals surface area (Å²) in [6.45, 7) is 1.90. The molecule has 0 fully saturated rings. The molecule has 1 amide bonds. The molecule has 4 aromatic heterocycles. The van der Waals surface area contributed by atoms with Crippen LogP contribution in [0.15, 0.2) is 55.1 Å². The van der Waals surface area contributed by atoms with E-state index in [-0.39, 0.29) is 12.5 Å². The van der Waals surface area contributed by atoms with Crippen molar-refractivity contribution in [3.05, 3.63) is 70.6 Å². The Labute approximate surface area is 170 Å². The van der Waals surface area contributed by atoms with Crippen molar-refractivity contribution >= 4 is 34.5 Å². The third kappa shape index (κ3) is 3.58. The molecule has 0 radical (unpaired) electrons. The van der Waals surface area contributed by atoms with E-state index in [2.05, 4.69) is 9.97 Å². The molecule has 0 saturated carbocycles. The van der Waals surface area contributed by atoms with Crippen LogP contribution in [0, 0.1) is 0 Å². The minimum absolute atomic E-state index is 0.105. The molecule has 2 N–H and O–H groups in total. The largest absolute Gasteiger partial charge is 0.485 e. The Morgan fingerprint density at radius 2 is 2.21 bits per heavy atom. The quantitative estimate of drug-likeness (QED) is 0.512. The number of pyridine rings is 2. The first kappa shape index (κ1) is 18.5. The summed E-state index contributed by atoms with van der Waals surface area (Å²) in [4.78, 5) is 21.7. The topological polar surface area (TPSA) is 82.5 Å². The molecule has 28 heavy (non-hydrogen) atoms. The number of hydrogen-bond donors (Lipinski definition) is 1. The number of halogens is 1. The van der Waals surface area contributed by atoms with E-state index in [1.807, 2.05) is 54.0 Å². The lowest BCUT2D eigenvalue weighted by molar-refractivity contribution is -0.117. The number of imidazole rings is 1. The van der Waals surface area contributed by atoms with Crippen molar-refractivity contribution in [3.63, 3.8) is 0 Å². The zero-order valence-electron chi connectivity index (χ0n) is 15.0. The van der Waals surface area contributed by atoms with Gasteiger partial charge in [0, 0.05) is 30.2 Å². The summed E-state index contributed by atoms with van der Waals surface area (Å²) >= 11 is 7.71. The molecular formula is C20H17ClN4O2S. The molecule has 0 spiro atoms. The van der Waals surface area contributed by atoms with Crippen LogP contribution in [0.2, 0.25) is 5.02 Å². The molecular weight excluding hydrogens is 396 g/mol. The van der Waals surface area contributed by atoms with Gasteiger partial charge in [0.05, 0.1) is 33.1 Å². The maximum Gasteiger partial charge on any atom is 0.222 e. The normalized spacial score (nSPS) is 12.2. The van der Waals surface area contributed by atoms with Crippen LogP contribution in [-0.4, -0.2) is 20.3 Å². The molecule has 0 saturated heterocycles. The van der Waals surface area contributed by atoms with Crippen molar-refractivity contribution < 1.29 is 9.53 Å². The van der Waals surface area contributed by atoms with Crippen molar-refractivity contribution in [2.24, 2.45) is 5.73 Å². The number of rotatable bonds is 6. The number of ether oxygens (including phenoxy) is 1. The minimum atomic E-state index is -0.411. The van der Waals surface area contributed by atoms with Crippen LogP contribution in [0.5, 0.6) is 5.75 Å². The molecule has 0 bridgehead atoms. The van der Waals surface area contributed by atoms with E-state index in [1.54, 1.807) is 12.4 Å². The van der Waals surface area contributed by atoms with Crippen LogP contribution < -0.4 is 10.5 Å². The van der Waals surface area contributed by atoms with Crippen LogP contribution in [0.3, 0.4) is 0 Å². The summed E-state index contributed by atoms with van der Waals surface area (Å²) in [5.74, 6) is 0.205. The smallest absolute Gasteiger partial charge is 0.222 e. The SMILES string of the molecule is CC(Oc1cc(-c2cnc3ccccn23)sc1CC(N)=O)c1ccncc1Cl. The summed E-state index contributed by atoms with van der Waals surface area (Å²) in [7, 11) is 0. The van der Waals surface area contributed by atoms with Crippen LogP contribution >= 0.6 is 22.9 Å². The molecule has 0 aromatic carbocycles. The molecule has 1 unspecified atom stereocenters. The zero-order valence-corrected chi connectivity index (χ0v) is 16.6. The van der Waals surface area contributed by atoms with Crippen LogP contribution in [0.25, 0.3) is 16.2 Å². The summed E-state index contributed by atoms with van der Waals surface area (Å²) in [6, 6.07) is 9.56. The number of nitrogens with zero attached hydrogens (tertiary/aromatic N) is 3. The second-order valence-electron chi connectivity index (χ2n) is 6.27. The lowest BCUT2D eigenvalue weighted by atomic mass is 10.1. The highest BCUT2D eigenvalue weighted by Gasteiger charge is 2.19. The fraction of sp³-hybridized carbons (Fsp3) is 0.150. The predicted octanol–water partition coefficient (Wildman–Crippen LogP) is 4.28. The van der Waals surface area contributed by atoms with Crippen molar-refractivity contribution in [2.45, 2.75) is 19.4 Å². The lowest BCUT2D eigenvalue weighted by Crippen LogP contribution is -2.14. The van der Waals surface area contributed by atoms with Crippen molar-refractivity contribution in [2.75, 3.05) is 0 Å². The van der Waals surface area contributed by atoms with Crippen molar-refractivity contribution in [1.82, 2.24) is 14.4 Å². The molecule has 142 valence electrons. The molecule has 8 heteroatoms. The summed E-state index contributed by atoms with van der Waals surface area (Å²) in [6.07, 6.45) is 6.80. The Morgan fingerprint density at radius 3 is 3.00 bits per heavy atom. The Bertz CT molecular complexity index is 1150. The molecule has 4 rings (SSSR count). The molecule has 1 atom stereocenters. The number of thiophene rings is 1. The van der Waals surface area contributed by atoms with Gasteiger partial charge in [-0.1, -0.05) is 17.7 Å². The van der Waals surface area contributed by atoms with Crippen LogP contribution in [-0.2, 0) is 11.2 Å². The molecule has 0 aliphatic rings. The standard InChI is InChI=1S/C20H17ClN4O2S/c1-12(13-5-6-23-10-14(13)21)27-16-8-17(28-18(16)9-19(22)26)15-11-24-20-4-2-3-7-25(15)20/h2-8,10-12H,9H2,1H3,(H2,22,26). The number of nitrogens with two attached hydrogens (primary N) is 1. The second-order valence-corrected chi connectivity index (χ2v) is 7.81. The van der Waals surface area contributed by atoms with Gasteiger partial charge < -0.3 is 10.5 Å². The van der Waals surface area contributed by atoms with E-state index in [0.717, 1.165) is 26.7 Å². The van der Waals surface area contributed by atoms with Gasteiger partial charge in [-0.3, -0.25) is 14.2 Å². The highest BCUT2D eigenvalue weighted by molar-refractivity contribution is 7.15. The summed E-state index contributed by atoms with van der Waals surface area (Å²) < 4.78 is 8.16. The van der Waals surface area contributed by atoms with Gasteiger partial charge in [0.15, 0.2) is 0 Å². The molecule has 0 aliphatic carbocycles. The number of fused-ring (bicyclic) bond motifs is 1. The lowest BCUT2D eigenvalue weighted by Gasteiger charge is -2.16. The van der Waals surface area contributed by atoms with Gasteiger partial charge in [0.2, 0.25) is 5.91 Å². The van der Waals surface area contributed by atoms with E-state index in [1.165, 1.54) is 11.3 Å². The van der Waals surface area contributed by atoms with E-state index >= 15 is 0 Å². The number of primary amides is 1. The van der Waals surface area contributed by atoms with Gasteiger partial charge in [-0.2, -0.15) is 0 Å². The fourth-order valence-corrected chi connectivity index (χ4v) is 4.39. The van der Waals surface area contributed by atoms with Crippen LogP contribution in [0.4, 0.5) is 0 Å². The second kappa shape index (κ2) is 7.61. The number of amides is 1. The Hall–Kier alpha value is -2.90. The number of carbonyl (C=O) groups excluding carboxylic acids is 1. The number of aromatic nitrogens is 3. The predicted molar refractivity (Wildman–Crippen MR) is 110 cm³/mol. The van der Waals surface area contributed by atoms with Crippen molar-refractivity contribution in [3.8, 4) is 16.3 Å². The number of carbonyl (C=O) groups is 1. The van der Waals surface area contributed by atoms with Gasteiger partial charge in [0.1, 0.15) is 17.5 Å². The molecule has 6 nitrogen and oxygen atoms in total. The van der Waals surface area contributed by atoms with E-state index in [9.17, 15) is 4.79 Å². The van der Waals surface area contributed by atoms with E-state index < -0.39 is 5.91 Å². The molecule has 4 aromatic rings. The Morgan fingerprint density at radius 1 is 1.36 bits per heavy atom. The van der Waals surface area contributed by atoms with Crippen molar-refractivity contribution in [1.29, 1.82) is 0 Å². The number of hydrogen-bond acceptors (Lipinski definition) is 5. The average molecular weight is 413 g/mol. The average Bonchev–Trinajstić information content (AvgIpc) is 3.25. The van der Waals surface area contributed by atoms with Gasteiger partial charge in [-0.25, -0.2) is 4.98 Å². The maximum atomic E-state index is 11.6. The zero-order chi connectivity index (χ0) is 19.7. The Balaban J connectivity index is 1.72. The third-order valence-corrected chi connectivity index (χ3v) is 5.77. The molecule has 0 aliphatic heterocycles. The molecule has 4 heterocycles. The van der Waals surface area contributed by atoms with Gasteiger partial charge in [-0.15, -0.1) is 11.3 Å². The van der Waals surface area contributed by atoms with Crippen LogP contribution in [0.1, 0.15) is 23.5 Å². The first-order valence-electron chi connectivity index (χ1n) is 8.62. The summed E-state index contributed by atoms with van der Waals surface area (Å²) in [5.41, 5.74) is 8.04. The first-order chi connectivity index (χ1) is 13.5. The van der Waals surface area contributed by atoms with E-state index in [0.29, 0.717) is 10.8 Å². The minimum Gasteiger partial charge on any atom is -0.485 e. The fourth-order valence-electron chi connectivity index (χ4n) is 3.00. The van der Waals surface area contributed by atoms with Gasteiger partial charge in [0.25, 0.3) is 0 Å². The third-order valence-electron chi connectivity index (χ3n) is 4.32. The maximum absolute atomic E-state index is 11.6. The highest BCUT2D eigenvalue weighted by atomic mass is 35.5. The summed E-state index contributed by atoms with van der Waals surface area (Å²) in [5, 5.41) is 0.531. The van der Waals surface area contributed by atoms with E-state index in [4.69, 9.17) is 22.1 Å².